The molecule has 0 N–H and O–H groups in total. The maximum absolute atomic E-state index is 9.62. The van der Waals surface area contributed by atoms with Gasteiger partial charge in [0.15, 0.2) is 11.5 Å². The van der Waals surface area contributed by atoms with E-state index in [-0.39, 0.29) is 0 Å². The predicted molar refractivity (Wildman–Crippen MR) is 121 cm³/mol. The zero-order valence-corrected chi connectivity index (χ0v) is 18.0. The summed E-state index contributed by atoms with van der Waals surface area (Å²) in [4.78, 5) is 0. The molecule has 0 unspecified atom stereocenters. The number of benzene rings is 3. The van der Waals surface area contributed by atoms with Crippen molar-refractivity contribution in [2.75, 3.05) is 6.61 Å². The second-order valence-corrected chi connectivity index (χ2v) is 7.25. The number of hydrogen-bond acceptors (Lipinski definition) is 4. The van der Waals surface area contributed by atoms with Crippen molar-refractivity contribution in [3.8, 4) is 23.6 Å². The van der Waals surface area contributed by atoms with Gasteiger partial charge in [0.25, 0.3) is 0 Å². The lowest BCUT2D eigenvalue weighted by Gasteiger charge is -2.15. The van der Waals surface area contributed by atoms with Crippen LogP contribution in [0.5, 0.6) is 11.5 Å². The van der Waals surface area contributed by atoms with Gasteiger partial charge in [0.05, 0.1) is 34.4 Å². The molecular weight excluding hydrogens is 440 g/mol. The predicted octanol–water partition coefficient (Wildman–Crippen LogP) is 6.36. The van der Waals surface area contributed by atoms with Crippen LogP contribution in [-0.4, -0.2) is 6.61 Å². The molecule has 0 aromatic heterocycles. The Morgan fingerprint density at radius 3 is 2.37 bits per heavy atom. The minimum Gasteiger partial charge on any atom is -0.490 e. The van der Waals surface area contributed by atoms with Crippen molar-refractivity contribution in [1.29, 1.82) is 10.5 Å². The minimum atomic E-state index is 0.420. The summed E-state index contributed by atoms with van der Waals surface area (Å²) in [7, 11) is 0. The molecule has 148 valence electrons. The molecule has 0 atom stereocenters. The van der Waals surface area contributed by atoms with Crippen LogP contribution in [0.15, 0.2) is 71.2 Å². The standard InChI is InChI=1S/C25H19BrN2O2/c1-2-29-24-14-20(12-22(16-28)21-10-8-18(15-27)9-11-21)13-23(26)25(24)30-17-19-6-4-3-5-7-19/h3-14H,2,17H2,1H3/b22-12+. The summed E-state index contributed by atoms with van der Waals surface area (Å²) >= 11 is 3.58. The van der Waals surface area contributed by atoms with Gasteiger partial charge in [0.1, 0.15) is 6.61 Å². The van der Waals surface area contributed by atoms with Gasteiger partial charge in [0, 0.05) is 0 Å². The average Bonchev–Trinajstić information content (AvgIpc) is 2.78. The average molecular weight is 459 g/mol. The quantitative estimate of drug-likeness (QED) is 0.305. The molecule has 0 saturated carbocycles. The number of nitrogens with zero attached hydrogens (tertiary/aromatic N) is 2. The Hall–Kier alpha value is -3.54. The van der Waals surface area contributed by atoms with Gasteiger partial charge in [-0.3, -0.25) is 0 Å². The summed E-state index contributed by atoms with van der Waals surface area (Å²) in [5.41, 5.74) is 3.65. The van der Waals surface area contributed by atoms with Crippen molar-refractivity contribution in [2.24, 2.45) is 0 Å². The van der Waals surface area contributed by atoms with Gasteiger partial charge in [-0.1, -0.05) is 42.5 Å². The molecular formula is C25H19BrN2O2. The normalized spacial score (nSPS) is 10.7. The molecule has 0 fully saturated rings. The molecule has 0 aliphatic heterocycles. The fraction of sp³-hybridized carbons (Fsp3) is 0.120. The summed E-state index contributed by atoms with van der Waals surface area (Å²) in [6.07, 6.45) is 1.79. The summed E-state index contributed by atoms with van der Waals surface area (Å²) in [5, 5.41) is 18.6. The van der Waals surface area contributed by atoms with Gasteiger partial charge >= 0.3 is 0 Å². The molecule has 0 aliphatic rings. The lowest BCUT2D eigenvalue weighted by molar-refractivity contribution is 0.267. The summed E-state index contributed by atoms with van der Waals surface area (Å²) in [5.74, 6) is 1.22. The monoisotopic (exact) mass is 458 g/mol. The first-order valence-corrected chi connectivity index (χ1v) is 10.2. The zero-order valence-electron chi connectivity index (χ0n) is 16.4. The molecule has 0 bridgehead atoms. The second-order valence-electron chi connectivity index (χ2n) is 6.40. The Morgan fingerprint density at radius 2 is 1.73 bits per heavy atom. The molecule has 0 saturated heterocycles. The Morgan fingerprint density at radius 1 is 1.00 bits per heavy atom. The Labute approximate surface area is 184 Å². The molecule has 3 aromatic rings. The molecule has 0 aliphatic carbocycles. The highest BCUT2D eigenvalue weighted by atomic mass is 79.9. The maximum atomic E-state index is 9.62. The lowest BCUT2D eigenvalue weighted by Crippen LogP contribution is -2.01. The summed E-state index contributed by atoms with van der Waals surface area (Å²) in [6, 6.07) is 24.9. The van der Waals surface area contributed by atoms with E-state index < -0.39 is 0 Å². The first-order valence-electron chi connectivity index (χ1n) is 9.40. The first kappa shape index (κ1) is 21.2. The van der Waals surface area contributed by atoms with E-state index in [0.717, 1.165) is 21.2 Å². The number of rotatable bonds is 7. The van der Waals surface area contributed by atoms with Crippen LogP contribution >= 0.6 is 15.9 Å². The van der Waals surface area contributed by atoms with Crippen LogP contribution in [0.3, 0.4) is 0 Å². The van der Waals surface area contributed by atoms with E-state index in [1.807, 2.05) is 49.4 Å². The number of hydrogen-bond donors (Lipinski definition) is 0. The fourth-order valence-corrected chi connectivity index (χ4v) is 3.45. The summed E-state index contributed by atoms with van der Waals surface area (Å²) in [6.45, 7) is 2.82. The Kier molecular flexibility index (Phi) is 7.27. The van der Waals surface area contributed by atoms with E-state index in [1.54, 1.807) is 30.3 Å². The number of halogens is 1. The van der Waals surface area contributed by atoms with Gasteiger partial charge in [-0.25, -0.2) is 0 Å². The largest absolute Gasteiger partial charge is 0.490 e. The smallest absolute Gasteiger partial charge is 0.175 e. The Balaban J connectivity index is 1.92. The molecule has 3 rings (SSSR count). The van der Waals surface area contributed by atoms with Crippen molar-refractivity contribution in [2.45, 2.75) is 13.5 Å². The van der Waals surface area contributed by atoms with Crippen molar-refractivity contribution < 1.29 is 9.47 Å². The van der Waals surface area contributed by atoms with Gasteiger partial charge < -0.3 is 9.47 Å². The summed E-state index contributed by atoms with van der Waals surface area (Å²) < 4.78 is 12.6. The highest BCUT2D eigenvalue weighted by molar-refractivity contribution is 9.10. The topological polar surface area (TPSA) is 66.0 Å². The number of nitriles is 2. The number of allylic oxidation sites excluding steroid dienone is 1. The van der Waals surface area contributed by atoms with Crippen LogP contribution in [0.4, 0.5) is 0 Å². The van der Waals surface area contributed by atoms with Crippen molar-refractivity contribution >= 4 is 27.6 Å². The third-order valence-corrected chi connectivity index (χ3v) is 4.90. The van der Waals surface area contributed by atoms with E-state index in [1.165, 1.54) is 0 Å². The molecule has 3 aromatic carbocycles. The van der Waals surface area contributed by atoms with Crippen molar-refractivity contribution in [1.82, 2.24) is 0 Å². The van der Waals surface area contributed by atoms with Crippen LogP contribution in [0.1, 0.15) is 29.2 Å². The molecule has 0 spiro atoms. The molecule has 5 heteroatoms. The second kappa shape index (κ2) is 10.3. The SMILES string of the molecule is CCOc1cc(/C=C(\C#N)c2ccc(C#N)cc2)cc(Br)c1OCc1ccccc1. The van der Waals surface area contributed by atoms with Crippen molar-refractivity contribution in [3.05, 3.63) is 93.5 Å². The van der Waals surface area contributed by atoms with E-state index in [9.17, 15) is 5.26 Å². The highest BCUT2D eigenvalue weighted by Gasteiger charge is 2.13. The van der Waals surface area contributed by atoms with E-state index in [0.29, 0.717) is 35.8 Å². The van der Waals surface area contributed by atoms with Crippen LogP contribution in [0, 0.1) is 22.7 Å². The van der Waals surface area contributed by atoms with Gasteiger partial charge in [-0.05, 0) is 69.9 Å². The molecule has 4 nitrogen and oxygen atoms in total. The van der Waals surface area contributed by atoms with Crippen LogP contribution in [-0.2, 0) is 6.61 Å². The molecule has 30 heavy (non-hydrogen) atoms. The highest BCUT2D eigenvalue weighted by Crippen LogP contribution is 2.38. The maximum Gasteiger partial charge on any atom is 0.175 e. The fourth-order valence-electron chi connectivity index (χ4n) is 2.88. The van der Waals surface area contributed by atoms with Gasteiger partial charge in [-0.15, -0.1) is 0 Å². The van der Waals surface area contributed by atoms with Crippen LogP contribution < -0.4 is 9.47 Å². The van der Waals surface area contributed by atoms with E-state index in [2.05, 4.69) is 28.1 Å². The van der Waals surface area contributed by atoms with Gasteiger partial charge in [0.2, 0.25) is 0 Å². The molecule has 0 heterocycles. The molecule has 0 amide bonds. The van der Waals surface area contributed by atoms with Crippen LogP contribution in [0.2, 0.25) is 0 Å². The Bertz CT molecular complexity index is 1120. The van der Waals surface area contributed by atoms with Crippen LogP contribution in [0.25, 0.3) is 11.6 Å². The lowest BCUT2D eigenvalue weighted by atomic mass is 10.0. The zero-order chi connectivity index (χ0) is 21.3. The van der Waals surface area contributed by atoms with E-state index >= 15 is 0 Å². The first-order chi connectivity index (χ1) is 14.6. The third-order valence-electron chi connectivity index (χ3n) is 4.31. The third kappa shape index (κ3) is 5.29. The van der Waals surface area contributed by atoms with Gasteiger partial charge in [-0.2, -0.15) is 10.5 Å². The van der Waals surface area contributed by atoms with E-state index in [4.69, 9.17) is 14.7 Å². The molecule has 0 radical (unpaired) electrons. The minimum absolute atomic E-state index is 0.420. The van der Waals surface area contributed by atoms with Crippen molar-refractivity contribution in [3.63, 3.8) is 0 Å². The number of ether oxygens (including phenoxy) is 2.